The van der Waals surface area contributed by atoms with Crippen LogP contribution in [0.1, 0.15) is 32.0 Å². The highest BCUT2D eigenvalue weighted by Gasteiger charge is 2.17. The van der Waals surface area contributed by atoms with Crippen LogP contribution in [0.2, 0.25) is 0 Å². The van der Waals surface area contributed by atoms with Gasteiger partial charge in [-0.25, -0.2) is 0 Å². The van der Waals surface area contributed by atoms with Gasteiger partial charge in [-0.1, -0.05) is 20.8 Å². The van der Waals surface area contributed by atoms with Crippen LogP contribution in [0.3, 0.4) is 0 Å². The van der Waals surface area contributed by atoms with Crippen molar-refractivity contribution < 1.29 is 0 Å². The second-order valence-corrected chi connectivity index (χ2v) is 4.82. The summed E-state index contributed by atoms with van der Waals surface area (Å²) in [5, 5.41) is 4.39. The van der Waals surface area contributed by atoms with E-state index in [2.05, 4.69) is 25.9 Å². The molecule has 0 saturated carbocycles. The lowest BCUT2D eigenvalue weighted by atomic mass is 9.89. The van der Waals surface area contributed by atoms with Crippen molar-refractivity contribution in [3.05, 3.63) is 11.3 Å². The molecule has 0 atom stereocenters. The summed E-state index contributed by atoms with van der Waals surface area (Å²) in [6.07, 6.45) is 0.976. The maximum atomic E-state index is 5.82. The molecule has 1 aromatic heterocycles. The number of nitrogen functional groups attached to an aromatic ring is 1. The molecule has 0 fully saturated rings. The van der Waals surface area contributed by atoms with Crippen molar-refractivity contribution in [3.63, 3.8) is 0 Å². The monoisotopic (exact) mass is 181 g/mol. The topological polar surface area (TPSA) is 43.8 Å². The van der Waals surface area contributed by atoms with Gasteiger partial charge in [0.05, 0.1) is 5.69 Å². The molecule has 3 heteroatoms. The molecule has 0 aromatic carbocycles. The summed E-state index contributed by atoms with van der Waals surface area (Å²) < 4.78 is 1.75. The van der Waals surface area contributed by atoms with Gasteiger partial charge in [0, 0.05) is 12.6 Å². The van der Waals surface area contributed by atoms with Crippen molar-refractivity contribution in [2.24, 2.45) is 12.5 Å². The Morgan fingerprint density at radius 1 is 1.38 bits per heavy atom. The average Bonchev–Trinajstić information content (AvgIpc) is 2.15. The third-order valence-corrected chi connectivity index (χ3v) is 2.13. The van der Waals surface area contributed by atoms with Gasteiger partial charge in [0.2, 0.25) is 0 Å². The molecule has 1 aromatic rings. The molecule has 13 heavy (non-hydrogen) atoms. The summed E-state index contributed by atoms with van der Waals surface area (Å²) in [6.45, 7) is 8.65. The molecule has 0 saturated heterocycles. The Hall–Kier alpha value is -0.990. The van der Waals surface area contributed by atoms with Gasteiger partial charge >= 0.3 is 0 Å². The molecule has 3 nitrogen and oxygen atoms in total. The SMILES string of the molecule is Cc1c(CC(C)(C)C)nn(C)c1N. The number of rotatable bonds is 1. The van der Waals surface area contributed by atoms with Crippen LogP contribution in [-0.2, 0) is 13.5 Å². The first-order chi connectivity index (χ1) is 5.81. The standard InChI is InChI=1S/C10H19N3/c1-7-8(6-10(2,3)4)12-13(5)9(7)11/h6,11H2,1-5H3. The zero-order valence-electron chi connectivity index (χ0n) is 9.18. The quantitative estimate of drug-likeness (QED) is 0.719. The van der Waals surface area contributed by atoms with Crippen molar-refractivity contribution in [1.82, 2.24) is 9.78 Å². The molecule has 0 bridgehead atoms. The summed E-state index contributed by atoms with van der Waals surface area (Å²) in [5.74, 6) is 0.777. The largest absolute Gasteiger partial charge is 0.384 e. The molecule has 1 rings (SSSR count). The fraction of sp³-hybridized carbons (Fsp3) is 0.700. The minimum atomic E-state index is 0.269. The fourth-order valence-corrected chi connectivity index (χ4v) is 1.37. The van der Waals surface area contributed by atoms with E-state index in [0.717, 1.165) is 23.5 Å². The van der Waals surface area contributed by atoms with Crippen LogP contribution in [0, 0.1) is 12.3 Å². The van der Waals surface area contributed by atoms with E-state index >= 15 is 0 Å². The molecule has 74 valence electrons. The predicted molar refractivity (Wildman–Crippen MR) is 55.5 cm³/mol. The van der Waals surface area contributed by atoms with E-state index < -0.39 is 0 Å². The predicted octanol–water partition coefficient (Wildman–Crippen LogP) is 1.90. The molecule has 0 spiro atoms. The van der Waals surface area contributed by atoms with Gasteiger partial charge in [-0.15, -0.1) is 0 Å². The number of hydrogen-bond acceptors (Lipinski definition) is 2. The Bertz CT molecular complexity index is 305. The van der Waals surface area contributed by atoms with Crippen molar-refractivity contribution in [2.75, 3.05) is 5.73 Å². The first kappa shape index (κ1) is 10.1. The second kappa shape index (κ2) is 3.05. The molecule has 0 aliphatic heterocycles. The molecule has 0 amide bonds. The van der Waals surface area contributed by atoms with Gasteiger partial charge in [0.1, 0.15) is 5.82 Å². The minimum Gasteiger partial charge on any atom is -0.384 e. The van der Waals surface area contributed by atoms with E-state index in [9.17, 15) is 0 Å². The average molecular weight is 181 g/mol. The highest BCUT2D eigenvalue weighted by molar-refractivity contribution is 5.42. The smallest absolute Gasteiger partial charge is 0.124 e. The Morgan fingerprint density at radius 2 is 1.92 bits per heavy atom. The molecule has 1 heterocycles. The third kappa shape index (κ3) is 2.23. The van der Waals surface area contributed by atoms with Crippen LogP contribution in [0.25, 0.3) is 0 Å². The molecular weight excluding hydrogens is 162 g/mol. The van der Waals surface area contributed by atoms with Crippen LogP contribution in [-0.4, -0.2) is 9.78 Å². The first-order valence-corrected chi connectivity index (χ1v) is 4.59. The normalized spacial score (nSPS) is 12.1. The van der Waals surface area contributed by atoms with Crippen LogP contribution < -0.4 is 5.73 Å². The highest BCUT2D eigenvalue weighted by atomic mass is 15.3. The van der Waals surface area contributed by atoms with Crippen molar-refractivity contribution >= 4 is 5.82 Å². The van der Waals surface area contributed by atoms with E-state index in [0.29, 0.717) is 0 Å². The molecule has 2 N–H and O–H groups in total. The number of aryl methyl sites for hydroxylation is 1. The van der Waals surface area contributed by atoms with E-state index in [4.69, 9.17) is 5.73 Å². The maximum Gasteiger partial charge on any atom is 0.124 e. The molecule has 0 aliphatic rings. The second-order valence-electron chi connectivity index (χ2n) is 4.82. The molecule has 0 unspecified atom stereocenters. The van der Waals surface area contributed by atoms with Gasteiger partial charge < -0.3 is 5.73 Å². The van der Waals surface area contributed by atoms with E-state index in [-0.39, 0.29) is 5.41 Å². The van der Waals surface area contributed by atoms with E-state index in [1.165, 1.54) is 0 Å². The lowest BCUT2D eigenvalue weighted by molar-refractivity contribution is 0.403. The van der Waals surface area contributed by atoms with Gasteiger partial charge in [-0.05, 0) is 18.8 Å². The minimum absolute atomic E-state index is 0.269. The van der Waals surface area contributed by atoms with Crippen LogP contribution in [0.5, 0.6) is 0 Å². The summed E-state index contributed by atoms with van der Waals surface area (Å²) in [4.78, 5) is 0. The number of hydrogen-bond donors (Lipinski definition) is 1. The van der Waals surface area contributed by atoms with E-state index in [1.54, 1.807) is 4.68 Å². The summed E-state index contributed by atoms with van der Waals surface area (Å²) in [6, 6.07) is 0. The Morgan fingerprint density at radius 3 is 2.23 bits per heavy atom. The number of anilines is 1. The van der Waals surface area contributed by atoms with Crippen LogP contribution in [0.4, 0.5) is 5.82 Å². The molecular formula is C10H19N3. The first-order valence-electron chi connectivity index (χ1n) is 4.59. The summed E-state index contributed by atoms with van der Waals surface area (Å²) in [7, 11) is 1.88. The van der Waals surface area contributed by atoms with Gasteiger partial charge in [-0.3, -0.25) is 4.68 Å². The lowest BCUT2D eigenvalue weighted by Gasteiger charge is -2.16. The number of aromatic nitrogens is 2. The van der Waals surface area contributed by atoms with E-state index in [1.807, 2.05) is 14.0 Å². The van der Waals surface area contributed by atoms with Gasteiger partial charge in [0.25, 0.3) is 0 Å². The van der Waals surface area contributed by atoms with Gasteiger partial charge in [-0.2, -0.15) is 5.10 Å². The Kier molecular flexibility index (Phi) is 2.37. The Balaban J connectivity index is 2.97. The zero-order chi connectivity index (χ0) is 10.2. The Labute approximate surface area is 79.9 Å². The molecule has 0 radical (unpaired) electrons. The maximum absolute atomic E-state index is 5.82. The van der Waals surface area contributed by atoms with Gasteiger partial charge in [0.15, 0.2) is 0 Å². The summed E-state index contributed by atoms with van der Waals surface area (Å²) >= 11 is 0. The van der Waals surface area contributed by atoms with Crippen LogP contribution >= 0.6 is 0 Å². The van der Waals surface area contributed by atoms with Crippen molar-refractivity contribution in [3.8, 4) is 0 Å². The number of nitrogens with zero attached hydrogens (tertiary/aromatic N) is 2. The van der Waals surface area contributed by atoms with Crippen molar-refractivity contribution in [2.45, 2.75) is 34.1 Å². The lowest BCUT2D eigenvalue weighted by Crippen LogP contribution is -2.10. The third-order valence-electron chi connectivity index (χ3n) is 2.13. The highest BCUT2D eigenvalue weighted by Crippen LogP contribution is 2.24. The molecule has 0 aliphatic carbocycles. The zero-order valence-corrected chi connectivity index (χ0v) is 9.18. The fourth-order valence-electron chi connectivity index (χ4n) is 1.37. The summed E-state index contributed by atoms with van der Waals surface area (Å²) in [5.41, 5.74) is 8.33. The van der Waals surface area contributed by atoms with Crippen molar-refractivity contribution in [1.29, 1.82) is 0 Å². The number of nitrogens with two attached hydrogens (primary N) is 1. The van der Waals surface area contributed by atoms with Crippen LogP contribution in [0.15, 0.2) is 0 Å².